The summed E-state index contributed by atoms with van der Waals surface area (Å²) in [6.07, 6.45) is 25.1. The Balaban J connectivity index is 3.18. The molecule has 0 aromatic heterocycles. The molecular weight excluding hydrogens is 500 g/mol. The zero-order valence-electron chi connectivity index (χ0n) is 26.6. The number of hydrogen-bond acceptors (Lipinski definition) is 4. The predicted molar refractivity (Wildman–Crippen MR) is 168 cm³/mol. The lowest BCUT2D eigenvalue weighted by Crippen LogP contribution is -2.14. The average Bonchev–Trinajstić information content (AvgIpc) is 2.94. The van der Waals surface area contributed by atoms with Gasteiger partial charge < -0.3 is 15.1 Å². The number of hydrogen-bond donors (Lipinski definition) is 2. The molecule has 0 aliphatic rings. The minimum absolute atomic E-state index is 0.0185. The fourth-order valence-electron chi connectivity index (χ4n) is 5.61. The second-order valence-corrected chi connectivity index (χ2v) is 11.6. The second kappa shape index (κ2) is 23.9. The van der Waals surface area contributed by atoms with Crippen molar-refractivity contribution in [3.63, 3.8) is 0 Å². The van der Waals surface area contributed by atoms with Crippen LogP contribution in [0.2, 0.25) is 0 Å². The Kier molecular flexibility index (Phi) is 21.7. The largest absolute Gasteiger partial charge is 0.504 e. The zero-order valence-corrected chi connectivity index (χ0v) is 26.6. The molecule has 0 spiro atoms. The first kappa shape index (κ1) is 36.3. The Morgan fingerprint density at radius 3 is 1.43 bits per heavy atom. The lowest BCUT2D eigenvalue weighted by atomic mass is 9.85. The van der Waals surface area contributed by atoms with E-state index in [2.05, 4.69) is 27.7 Å². The van der Waals surface area contributed by atoms with Crippen molar-refractivity contribution in [2.75, 3.05) is 6.61 Å². The number of carbonyl (C=O) groups is 1. The van der Waals surface area contributed by atoms with Crippen LogP contribution in [0.3, 0.4) is 0 Å². The number of aromatic hydroxyl groups is 1. The molecule has 1 rings (SSSR count). The van der Waals surface area contributed by atoms with E-state index in [0.717, 1.165) is 107 Å². The van der Waals surface area contributed by atoms with Gasteiger partial charge >= 0.3 is 5.97 Å². The summed E-state index contributed by atoms with van der Waals surface area (Å²) in [6, 6.07) is 0. The van der Waals surface area contributed by atoms with Gasteiger partial charge in [0.2, 0.25) is 5.75 Å². The van der Waals surface area contributed by atoms with Crippen LogP contribution in [0, 0.1) is 0 Å². The smallest absolute Gasteiger partial charge is 0.339 e. The van der Waals surface area contributed by atoms with Gasteiger partial charge in [0.1, 0.15) is 5.56 Å². The number of carboxylic acids is 1. The van der Waals surface area contributed by atoms with Crippen LogP contribution in [0.25, 0.3) is 0 Å². The average molecular weight is 563 g/mol. The molecule has 0 aliphatic heterocycles. The summed E-state index contributed by atoms with van der Waals surface area (Å²) < 4.78 is 0. The molecule has 0 saturated carbocycles. The molecule has 1 aromatic carbocycles. The maximum Gasteiger partial charge on any atom is 0.339 e. The van der Waals surface area contributed by atoms with Crippen molar-refractivity contribution in [1.82, 2.24) is 0 Å². The van der Waals surface area contributed by atoms with Crippen molar-refractivity contribution in [1.29, 1.82) is 0 Å². The summed E-state index contributed by atoms with van der Waals surface area (Å²) in [5.74, 6) is -1.09. The van der Waals surface area contributed by atoms with Crippen LogP contribution in [0.15, 0.2) is 0 Å². The normalized spacial score (nSPS) is 11.3. The van der Waals surface area contributed by atoms with Gasteiger partial charge in [0.15, 0.2) is 5.75 Å². The summed E-state index contributed by atoms with van der Waals surface area (Å²) in [5, 5.41) is 21.6. The molecule has 0 heterocycles. The van der Waals surface area contributed by atoms with Gasteiger partial charge in [0.25, 0.3) is 0 Å². The number of rotatable bonds is 27. The summed E-state index contributed by atoms with van der Waals surface area (Å²) in [6.45, 7) is 9.27. The van der Waals surface area contributed by atoms with Gasteiger partial charge in [-0.05, 0) is 56.1 Å². The number of unbranched alkanes of at least 4 members (excludes halogenated alkanes) is 16. The van der Waals surface area contributed by atoms with E-state index >= 15 is 0 Å². The third-order valence-corrected chi connectivity index (χ3v) is 8.03. The first-order valence-electron chi connectivity index (χ1n) is 16.9. The fourth-order valence-corrected chi connectivity index (χ4v) is 5.61. The Morgan fingerprint density at radius 1 is 0.550 bits per heavy atom. The van der Waals surface area contributed by atoms with E-state index in [-0.39, 0.29) is 17.1 Å². The number of phenols is 1. The van der Waals surface area contributed by atoms with Crippen molar-refractivity contribution < 1.29 is 24.8 Å². The van der Waals surface area contributed by atoms with Gasteiger partial charge in [-0.1, -0.05) is 130 Å². The summed E-state index contributed by atoms with van der Waals surface area (Å²) in [5.41, 5.74) is 2.89. The van der Waals surface area contributed by atoms with E-state index in [9.17, 15) is 15.0 Å². The molecule has 0 unspecified atom stereocenters. The number of carboxylic acid groups (broad SMARTS) is 1. The SMILES string of the molecule is CCCCCCCCCCOOc1c(O)c(C(=O)O)c(CCCCCC)c(CCCCCC)c1CCCCCC. The highest BCUT2D eigenvalue weighted by Crippen LogP contribution is 2.42. The van der Waals surface area contributed by atoms with Gasteiger partial charge in [-0.3, -0.25) is 0 Å². The molecule has 0 amide bonds. The van der Waals surface area contributed by atoms with Crippen LogP contribution in [0.1, 0.15) is 183 Å². The van der Waals surface area contributed by atoms with Gasteiger partial charge in [-0.25, -0.2) is 4.79 Å². The predicted octanol–water partition coefficient (Wildman–Crippen LogP) is 10.9. The lowest BCUT2D eigenvalue weighted by Gasteiger charge is -2.22. The molecule has 0 fully saturated rings. The molecule has 0 radical (unpaired) electrons. The Hall–Kier alpha value is -1.75. The lowest BCUT2D eigenvalue weighted by molar-refractivity contribution is -0.208. The van der Waals surface area contributed by atoms with E-state index < -0.39 is 5.97 Å². The van der Waals surface area contributed by atoms with Gasteiger partial charge in [-0.2, -0.15) is 4.89 Å². The molecule has 0 atom stereocenters. The van der Waals surface area contributed by atoms with Crippen molar-refractivity contribution in [2.45, 2.75) is 175 Å². The maximum atomic E-state index is 12.5. The standard InChI is InChI=1S/C35H62O5/c1-5-9-13-17-18-19-20-24-28-39-40-34-31(27-23-16-12-8-4)29(25-21-14-10-6-2)30(26-22-15-11-7-3)32(33(34)36)35(37)38/h36H,5-28H2,1-4H3,(H,37,38). The van der Waals surface area contributed by atoms with Gasteiger partial charge in [-0.15, -0.1) is 0 Å². The first-order chi connectivity index (χ1) is 19.5. The van der Waals surface area contributed by atoms with Crippen molar-refractivity contribution >= 4 is 5.97 Å². The van der Waals surface area contributed by atoms with E-state index in [1.54, 1.807) is 0 Å². The van der Waals surface area contributed by atoms with E-state index in [0.29, 0.717) is 13.0 Å². The Labute approximate surface area is 246 Å². The summed E-state index contributed by atoms with van der Waals surface area (Å²) in [4.78, 5) is 24.0. The molecule has 5 heteroatoms. The molecule has 1 aromatic rings. The van der Waals surface area contributed by atoms with Crippen LogP contribution in [-0.4, -0.2) is 22.8 Å². The first-order valence-corrected chi connectivity index (χ1v) is 16.9. The summed E-state index contributed by atoms with van der Waals surface area (Å²) >= 11 is 0. The molecule has 232 valence electrons. The van der Waals surface area contributed by atoms with E-state index in [1.807, 2.05) is 0 Å². The highest BCUT2D eigenvalue weighted by atomic mass is 17.2. The van der Waals surface area contributed by atoms with Crippen LogP contribution < -0.4 is 4.89 Å². The van der Waals surface area contributed by atoms with Crippen molar-refractivity contribution in [2.24, 2.45) is 0 Å². The van der Waals surface area contributed by atoms with E-state index in [4.69, 9.17) is 9.78 Å². The highest BCUT2D eigenvalue weighted by Gasteiger charge is 2.28. The third-order valence-electron chi connectivity index (χ3n) is 8.03. The Morgan fingerprint density at radius 2 is 0.950 bits per heavy atom. The topological polar surface area (TPSA) is 76.0 Å². The minimum Gasteiger partial charge on any atom is -0.504 e. The molecular formula is C35H62O5. The third kappa shape index (κ3) is 14.2. The zero-order chi connectivity index (χ0) is 29.4. The molecule has 0 saturated heterocycles. The van der Waals surface area contributed by atoms with E-state index in [1.165, 1.54) is 51.4 Å². The highest BCUT2D eigenvalue weighted by molar-refractivity contribution is 5.94. The number of benzene rings is 1. The number of aromatic carboxylic acids is 1. The van der Waals surface area contributed by atoms with Crippen LogP contribution in [0.5, 0.6) is 11.5 Å². The monoisotopic (exact) mass is 562 g/mol. The maximum absolute atomic E-state index is 12.5. The van der Waals surface area contributed by atoms with Gasteiger partial charge in [0, 0.05) is 5.56 Å². The molecule has 40 heavy (non-hydrogen) atoms. The second-order valence-electron chi connectivity index (χ2n) is 11.6. The van der Waals surface area contributed by atoms with Crippen molar-refractivity contribution in [3.8, 4) is 11.5 Å². The minimum atomic E-state index is -1.08. The molecule has 0 bridgehead atoms. The van der Waals surface area contributed by atoms with Crippen LogP contribution >= 0.6 is 0 Å². The molecule has 0 aliphatic carbocycles. The van der Waals surface area contributed by atoms with Crippen molar-refractivity contribution in [3.05, 3.63) is 22.3 Å². The quantitative estimate of drug-likeness (QED) is 0.0633. The Bertz CT molecular complexity index is 789. The van der Waals surface area contributed by atoms with Crippen LogP contribution in [0.4, 0.5) is 0 Å². The van der Waals surface area contributed by atoms with Crippen LogP contribution in [-0.2, 0) is 24.2 Å². The molecule has 2 N–H and O–H groups in total. The molecule has 5 nitrogen and oxygen atoms in total. The summed E-state index contributed by atoms with van der Waals surface area (Å²) in [7, 11) is 0. The van der Waals surface area contributed by atoms with Gasteiger partial charge in [0.05, 0.1) is 6.61 Å². The fraction of sp³-hybridized carbons (Fsp3) is 0.800.